The van der Waals surface area contributed by atoms with Gasteiger partial charge in [0, 0.05) is 49.7 Å². The van der Waals surface area contributed by atoms with E-state index < -0.39 is 0 Å². The third-order valence-electron chi connectivity index (χ3n) is 4.44. The largest absolute Gasteiger partial charge is 0.344 e. The van der Waals surface area contributed by atoms with E-state index in [9.17, 15) is 4.79 Å². The fourth-order valence-electron chi connectivity index (χ4n) is 3.32. The fraction of sp³-hybridized carbons (Fsp3) is 0.588. The second kappa shape index (κ2) is 6.56. The van der Waals surface area contributed by atoms with Gasteiger partial charge in [-0.25, -0.2) is 9.97 Å². The van der Waals surface area contributed by atoms with Crippen molar-refractivity contribution >= 4 is 5.91 Å². The standard InChI is InChI=1S/C17H25N5O/c1-12(2)17-18-7-10-21(17)9-6-15(23)22-8-4-5-14(22)16-19-11-13(3)20-16/h7,10-12,14H,4-6,8-9H2,1-3H3,(H,19,20)/t14-/m1/s1. The van der Waals surface area contributed by atoms with Crippen LogP contribution in [0, 0.1) is 6.92 Å². The first kappa shape index (κ1) is 15.8. The number of amides is 1. The van der Waals surface area contributed by atoms with Crippen LogP contribution in [0.25, 0.3) is 0 Å². The second-order valence-electron chi connectivity index (χ2n) is 6.58. The SMILES string of the molecule is Cc1cnc([C@H]2CCCN2C(=O)CCn2ccnc2C(C)C)[nH]1. The van der Waals surface area contributed by atoms with E-state index in [1.165, 1.54) is 0 Å². The van der Waals surface area contributed by atoms with Gasteiger partial charge in [-0.05, 0) is 19.8 Å². The number of carbonyl (C=O) groups excluding carboxylic acids is 1. The molecular formula is C17H25N5O. The molecule has 0 radical (unpaired) electrons. The second-order valence-corrected chi connectivity index (χ2v) is 6.58. The summed E-state index contributed by atoms with van der Waals surface area (Å²) in [5.74, 6) is 2.52. The molecule has 6 heteroatoms. The Bertz CT molecular complexity index is 672. The van der Waals surface area contributed by atoms with Crippen LogP contribution in [-0.4, -0.2) is 36.9 Å². The molecule has 2 aromatic heterocycles. The summed E-state index contributed by atoms with van der Waals surface area (Å²) in [5.41, 5.74) is 1.04. The zero-order valence-electron chi connectivity index (χ0n) is 14.1. The highest BCUT2D eigenvalue weighted by molar-refractivity contribution is 5.76. The molecule has 1 atom stereocenters. The Labute approximate surface area is 136 Å². The van der Waals surface area contributed by atoms with Crippen LogP contribution in [0.1, 0.15) is 62.4 Å². The number of nitrogens with one attached hydrogen (secondary N) is 1. The van der Waals surface area contributed by atoms with Gasteiger partial charge in [-0.1, -0.05) is 13.8 Å². The Kier molecular flexibility index (Phi) is 4.50. The topological polar surface area (TPSA) is 66.8 Å². The van der Waals surface area contributed by atoms with Gasteiger partial charge in [-0.2, -0.15) is 0 Å². The molecule has 2 aromatic rings. The zero-order chi connectivity index (χ0) is 16.4. The smallest absolute Gasteiger partial charge is 0.224 e. The fourth-order valence-corrected chi connectivity index (χ4v) is 3.32. The van der Waals surface area contributed by atoms with Crippen molar-refractivity contribution < 1.29 is 4.79 Å². The van der Waals surface area contributed by atoms with Gasteiger partial charge in [0.25, 0.3) is 0 Å². The summed E-state index contributed by atoms with van der Waals surface area (Å²) in [6.45, 7) is 7.74. The van der Waals surface area contributed by atoms with Crippen molar-refractivity contribution in [1.29, 1.82) is 0 Å². The number of nitrogens with zero attached hydrogens (tertiary/aromatic N) is 4. The van der Waals surface area contributed by atoms with Gasteiger partial charge in [0.1, 0.15) is 11.6 Å². The highest BCUT2D eigenvalue weighted by atomic mass is 16.2. The van der Waals surface area contributed by atoms with Crippen molar-refractivity contribution in [1.82, 2.24) is 24.4 Å². The molecule has 0 aliphatic carbocycles. The Morgan fingerprint density at radius 2 is 2.26 bits per heavy atom. The van der Waals surface area contributed by atoms with Crippen LogP contribution in [0.15, 0.2) is 18.6 Å². The summed E-state index contributed by atoms with van der Waals surface area (Å²) in [5, 5.41) is 0. The van der Waals surface area contributed by atoms with E-state index >= 15 is 0 Å². The molecule has 6 nitrogen and oxygen atoms in total. The van der Waals surface area contributed by atoms with Crippen LogP contribution in [0.5, 0.6) is 0 Å². The molecule has 1 aliphatic rings. The van der Waals surface area contributed by atoms with E-state index in [4.69, 9.17) is 0 Å². The monoisotopic (exact) mass is 315 g/mol. The molecule has 0 bridgehead atoms. The number of hydrogen-bond donors (Lipinski definition) is 1. The lowest BCUT2D eigenvalue weighted by Crippen LogP contribution is -2.31. The first-order chi connectivity index (χ1) is 11.1. The highest BCUT2D eigenvalue weighted by Crippen LogP contribution is 2.30. The Balaban J connectivity index is 1.64. The number of H-pyrrole nitrogens is 1. The molecule has 1 fully saturated rings. The number of carbonyl (C=O) groups is 1. The molecule has 0 unspecified atom stereocenters. The number of hydrogen-bond acceptors (Lipinski definition) is 3. The van der Waals surface area contributed by atoms with Gasteiger partial charge in [-0.15, -0.1) is 0 Å². The maximum atomic E-state index is 12.7. The lowest BCUT2D eigenvalue weighted by Gasteiger charge is -2.23. The first-order valence-electron chi connectivity index (χ1n) is 8.38. The third kappa shape index (κ3) is 3.30. The minimum Gasteiger partial charge on any atom is -0.344 e. The van der Waals surface area contributed by atoms with Crippen LogP contribution in [-0.2, 0) is 11.3 Å². The van der Waals surface area contributed by atoms with Crippen molar-refractivity contribution in [2.24, 2.45) is 0 Å². The van der Waals surface area contributed by atoms with E-state index in [0.29, 0.717) is 18.9 Å². The number of imidazole rings is 2. The summed E-state index contributed by atoms with van der Waals surface area (Å²) >= 11 is 0. The molecule has 0 spiro atoms. The Morgan fingerprint density at radius 1 is 1.43 bits per heavy atom. The first-order valence-corrected chi connectivity index (χ1v) is 8.38. The van der Waals surface area contributed by atoms with Crippen LogP contribution in [0.4, 0.5) is 0 Å². The molecule has 0 aromatic carbocycles. The summed E-state index contributed by atoms with van der Waals surface area (Å²) < 4.78 is 2.09. The summed E-state index contributed by atoms with van der Waals surface area (Å²) in [7, 11) is 0. The average molecular weight is 315 g/mol. The summed E-state index contributed by atoms with van der Waals surface area (Å²) in [6, 6.07) is 0.101. The van der Waals surface area contributed by atoms with Crippen molar-refractivity contribution in [2.45, 2.75) is 58.5 Å². The number of rotatable bonds is 5. The number of aromatic nitrogens is 4. The molecule has 3 rings (SSSR count). The lowest BCUT2D eigenvalue weighted by atomic mass is 10.2. The lowest BCUT2D eigenvalue weighted by molar-refractivity contribution is -0.132. The molecule has 124 valence electrons. The predicted molar refractivity (Wildman–Crippen MR) is 87.9 cm³/mol. The minimum absolute atomic E-state index is 0.101. The van der Waals surface area contributed by atoms with Crippen molar-refractivity contribution in [2.75, 3.05) is 6.54 Å². The van der Waals surface area contributed by atoms with Crippen LogP contribution in [0.2, 0.25) is 0 Å². The van der Waals surface area contributed by atoms with E-state index in [2.05, 4.69) is 33.4 Å². The van der Waals surface area contributed by atoms with Gasteiger partial charge >= 0.3 is 0 Å². The van der Waals surface area contributed by atoms with Gasteiger partial charge in [0.05, 0.1) is 6.04 Å². The molecule has 0 saturated carbocycles. The quantitative estimate of drug-likeness (QED) is 0.922. The van der Waals surface area contributed by atoms with Crippen molar-refractivity contribution in [3.63, 3.8) is 0 Å². The Hall–Kier alpha value is -2.11. The van der Waals surface area contributed by atoms with Gasteiger partial charge < -0.3 is 14.5 Å². The van der Waals surface area contributed by atoms with Gasteiger partial charge in [0.2, 0.25) is 5.91 Å². The zero-order valence-corrected chi connectivity index (χ0v) is 14.1. The van der Waals surface area contributed by atoms with E-state index in [1.807, 2.05) is 30.4 Å². The normalized spacial score (nSPS) is 18.1. The highest BCUT2D eigenvalue weighted by Gasteiger charge is 2.31. The molecule has 1 amide bonds. The summed E-state index contributed by atoms with van der Waals surface area (Å²) in [6.07, 6.45) is 8.13. The molecule has 3 heterocycles. The molecule has 1 N–H and O–H groups in total. The van der Waals surface area contributed by atoms with Crippen LogP contribution < -0.4 is 0 Å². The molecule has 1 aliphatic heterocycles. The number of likely N-dealkylation sites (tertiary alicyclic amines) is 1. The van der Waals surface area contributed by atoms with E-state index in [1.54, 1.807) is 0 Å². The van der Waals surface area contributed by atoms with Gasteiger partial charge in [0.15, 0.2) is 0 Å². The van der Waals surface area contributed by atoms with Crippen LogP contribution in [0.3, 0.4) is 0 Å². The predicted octanol–water partition coefficient (Wildman–Crippen LogP) is 2.79. The molecule has 23 heavy (non-hydrogen) atoms. The van der Waals surface area contributed by atoms with E-state index in [0.717, 1.165) is 36.7 Å². The van der Waals surface area contributed by atoms with Crippen molar-refractivity contribution in [3.8, 4) is 0 Å². The van der Waals surface area contributed by atoms with Crippen LogP contribution >= 0.6 is 0 Å². The maximum absolute atomic E-state index is 12.7. The third-order valence-corrected chi connectivity index (χ3v) is 4.44. The van der Waals surface area contributed by atoms with E-state index in [-0.39, 0.29) is 11.9 Å². The number of aromatic amines is 1. The van der Waals surface area contributed by atoms with Gasteiger partial charge in [-0.3, -0.25) is 4.79 Å². The Morgan fingerprint density at radius 3 is 2.96 bits per heavy atom. The summed E-state index contributed by atoms with van der Waals surface area (Å²) in [4.78, 5) is 26.7. The molecular weight excluding hydrogens is 290 g/mol. The van der Waals surface area contributed by atoms with Crippen molar-refractivity contribution in [3.05, 3.63) is 35.9 Å². The number of aryl methyl sites for hydroxylation is 2. The maximum Gasteiger partial charge on any atom is 0.224 e. The average Bonchev–Trinajstić information content (AvgIpc) is 3.23. The molecule has 1 saturated heterocycles. The minimum atomic E-state index is 0.101.